The van der Waals surface area contributed by atoms with E-state index in [9.17, 15) is 22.8 Å². The zero-order chi connectivity index (χ0) is 21.0. The number of halogens is 3. The monoisotopic (exact) mass is 430 g/mol. The quantitative estimate of drug-likeness (QED) is 0.794. The number of carbonyl (C=O) groups is 2. The van der Waals surface area contributed by atoms with Crippen molar-refractivity contribution in [1.29, 1.82) is 0 Å². The molecule has 1 N–H and O–H groups in total. The van der Waals surface area contributed by atoms with Crippen LogP contribution in [0, 0.1) is 12.3 Å². The number of anilines is 1. The van der Waals surface area contributed by atoms with E-state index < -0.39 is 17.1 Å². The van der Waals surface area contributed by atoms with Crippen LogP contribution in [-0.4, -0.2) is 63.0 Å². The Hall–Kier alpha value is -2.54. The standard InChI is InChI=1S/C16H17F3N6O3S/c1-8-9(11(26)20-14-22-21-13(29-14)16(17,18)19)23-25-4-3-24(12(27)10(8)25)5-15(2)6-28-7-15/h3-7H2,1-2H3,(H,20,22,26). The summed E-state index contributed by atoms with van der Waals surface area (Å²) in [5.74, 6) is -0.975. The van der Waals surface area contributed by atoms with Crippen LogP contribution in [0.1, 0.15) is 38.5 Å². The van der Waals surface area contributed by atoms with Crippen molar-refractivity contribution in [3.05, 3.63) is 22.0 Å². The predicted octanol–water partition coefficient (Wildman–Crippen LogP) is 1.81. The van der Waals surface area contributed by atoms with Gasteiger partial charge in [0.2, 0.25) is 10.1 Å². The van der Waals surface area contributed by atoms with E-state index in [1.165, 1.54) is 4.68 Å². The lowest BCUT2D eigenvalue weighted by molar-refractivity contribution is -0.138. The molecule has 2 amide bonds. The Labute approximate surface area is 166 Å². The van der Waals surface area contributed by atoms with Crippen LogP contribution in [-0.2, 0) is 17.5 Å². The van der Waals surface area contributed by atoms with E-state index in [4.69, 9.17) is 4.74 Å². The summed E-state index contributed by atoms with van der Waals surface area (Å²) in [5.41, 5.74) is 0.559. The number of nitrogens with zero attached hydrogens (tertiary/aromatic N) is 5. The van der Waals surface area contributed by atoms with Gasteiger partial charge in [0.05, 0.1) is 19.8 Å². The van der Waals surface area contributed by atoms with Gasteiger partial charge in [0, 0.05) is 24.1 Å². The van der Waals surface area contributed by atoms with Crippen molar-refractivity contribution in [1.82, 2.24) is 24.9 Å². The molecule has 13 heteroatoms. The molecule has 0 bridgehead atoms. The average Bonchev–Trinajstić information content (AvgIpc) is 3.21. The van der Waals surface area contributed by atoms with Gasteiger partial charge in [0.25, 0.3) is 11.8 Å². The maximum atomic E-state index is 12.9. The molecule has 0 unspecified atom stereocenters. The first-order chi connectivity index (χ1) is 13.6. The van der Waals surface area contributed by atoms with Crippen LogP contribution < -0.4 is 5.32 Å². The van der Waals surface area contributed by atoms with Crippen LogP contribution >= 0.6 is 11.3 Å². The van der Waals surface area contributed by atoms with E-state index in [1.807, 2.05) is 6.92 Å². The van der Waals surface area contributed by atoms with Gasteiger partial charge in [0.1, 0.15) is 5.69 Å². The first-order valence-electron chi connectivity index (χ1n) is 8.74. The molecular weight excluding hydrogens is 413 g/mol. The fourth-order valence-corrected chi connectivity index (χ4v) is 3.97. The zero-order valence-corrected chi connectivity index (χ0v) is 16.4. The normalized spacial score (nSPS) is 18.4. The van der Waals surface area contributed by atoms with Crippen molar-refractivity contribution in [3.8, 4) is 0 Å². The molecule has 9 nitrogen and oxygen atoms in total. The number of fused-ring (bicyclic) bond motifs is 1. The number of nitrogens with one attached hydrogen (secondary N) is 1. The summed E-state index contributed by atoms with van der Waals surface area (Å²) in [7, 11) is 0. The average molecular weight is 430 g/mol. The molecule has 1 fully saturated rings. The van der Waals surface area contributed by atoms with E-state index in [0.717, 1.165) is 0 Å². The van der Waals surface area contributed by atoms with E-state index in [-0.39, 0.29) is 33.5 Å². The highest BCUT2D eigenvalue weighted by molar-refractivity contribution is 7.15. The molecule has 2 aliphatic heterocycles. The first kappa shape index (κ1) is 19.8. The van der Waals surface area contributed by atoms with E-state index in [0.29, 0.717) is 44.1 Å². The molecule has 4 rings (SSSR count). The predicted molar refractivity (Wildman–Crippen MR) is 94.7 cm³/mol. The summed E-state index contributed by atoms with van der Waals surface area (Å²) in [5, 5.41) is 11.4. The highest BCUT2D eigenvalue weighted by Gasteiger charge is 2.40. The number of carbonyl (C=O) groups excluding carboxylic acids is 2. The third-order valence-corrected chi connectivity index (χ3v) is 5.72. The summed E-state index contributed by atoms with van der Waals surface area (Å²) in [6.07, 6.45) is -4.64. The minimum Gasteiger partial charge on any atom is -0.380 e. The molecule has 1 saturated heterocycles. The maximum absolute atomic E-state index is 12.9. The maximum Gasteiger partial charge on any atom is 0.445 e. The molecule has 0 spiro atoms. The number of alkyl halides is 3. The van der Waals surface area contributed by atoms with E-state index in [2.05, 4.69) is 20.6 Å². The molecule has 0 aromatic carbocycles. The SMILES string of the molecule is Cc1c(C(=O)Nc2nnc(C(F)(F)F)s2)nn2c1C(=O)N(CC1(C)COC1)CC2. The van der Waals surface area contributed by atoms with Gasteiger partial charge in [-0.05, 0) is 6.92 Å². The Balaban J connectivity index is 1.52. The molecule has 0 atom stereocenters. The van der Waals surface area contributed by atoms with Crippen molar-refractivity contribution in [2.24, 2.45) is 5.41 Å². The lowest BCUT2D eigenvalue weighted by Gasteiger charge is -2.42. The van der Waals surface area contributed by atoms with Gasteiger partial charge >= 0.3 is 6.18 Å². The summed E-state index contributed by atoms with van der Waals surface area (Å²) < 4.78 is 44.6. The smallest absolute Gasteiger partial charge is 0.380 e. The van der Waals surface area contributed by atoms with Crippen LogP contribution in [0.3, 0.4) is 0 Å². The van der Waals surface area contributed by atoms with Gasteiger partial charge in [-0.1, -0.05) is 18.3 Å². The van der Waals surface area contributed by atoms with Gasteiger partial charge in [-0.15, -0.1) is 10.2 Å². The van der Waals surface area contributed by atoms with Gasteiger partial charge < -0.3 is 9.64 Å². The molecule has 156 valence electrons. The highest BCUT2D eigenvalue weighted by atomic mass is 32.1. The van der Waals surface area contributed by atoms with Gasteiger partial charge in [-0.25, -0.2) is 0 Å². The minimum absolute atomic E-state index is 0.0304. The van der Waals surface area contributed by atoms with Gasteiger partial charge in [0.15, 0.2) is 5.69 Å². The Bertz CT molecular complexity index is 981. The second-order valence-corrected chi connectivity index (χ2v) is 8.42. The van der Waals surface area contributed by atoms with Gasteiger partial charge in [-0.2, -0.15) is 18.3 Å². The van der Waals surface area contributed by atoms with Crippen LogP contribution in [0.2, 0.25) is 0 Å². The number of ether oxygens (including phenoxy) is 1. The molecule has 2 aromatic rings. The van der Waals surface area contributed by atoms with Crippen molar-refractivity contribution >= 4 is 28.3 Å². The Morgan fingerprint density at radius 3 is 2.62 bits per heavy atom. The molecular formula is C16H17F3N6O3S. The first-order valence-corrected chi connectivity index (χ1v) is 9.55. The fraction of sp³-hybridized carbons (Fsp3) is 0.562. The summed E-state index contributed by atoms with van der Waals surface area (Å²) >= 11 is 0.219. The second-order valence-electron chi connectivity index (χ2n) is 7.44. The Morgan fingerprint density at radius 1 is 1.31 bits per heavy atom. The summed E-state index contributed by atoms with van der Waals surface area (Å²) in [6, 6.07) is 0. The number of hydrogen-bond donors (Lipinski definition) is 1. The fourth-order valence-electron chi connectivity index (χ4n) is 3.36. The summed E-state index contributed by atoms with van der Waals surface area (Å²) in [6.45, 7) is 6.22. The van der Waals surface area contributed by atoms with Crippen molar-refractivity contribution in [2.45, 2.75) is 26.6 Å². The molecule has 29 heavy (non-hydrogen) atoms. The van der Waals surface area contributed by atoms with E-state index >= 15 is 0 Å². The minimum atomic E-state index is -4.64. The van der Waals surface area contributed by atoms with Crippen LogP contribution in [0.15, 0.2) is 0 Å². The molecule has 2 aromatic heterocycles. The van der Waals surface area contributed by atoms with Gasteiger partial charge in [-0.3, -0.25) is 19.6 Å². The van der Waals surface area contributed by atoms with Crippen LogP contribution in [0.4, 0.5) is 18.3 Å². The second kappa shape index (κ2) is 6.76. The van der Waals surface area contributed by atoms with E-state index in [1.54, 1.807) is 11.8 Å². The zero-order valence-electron chi connectivity index (χ0n) is 15.5. The lowest BCUT2D eigenvalue weighted by Crippen LogP contribution is -2.52. The Kier molecular flexibility index (Phi) is 4.61. The highest BCUT2D eigenvalue weighted by Crippen LogP contribution is 2.33. The third-order valence-electron chi connectivity index (χ3n) is 4.84. The molecule has 0 aliphatic carbocycles. The largest absolute Gasteiger partial charge is 0.445 e. The molecule has 4 heterocycles. The number of amides is 2. The van der Waals surface area contributed by atoms with Crippen LogP contribution in [0.25, 0.3) is 0 Å². The topological polar surface area (TPSA) is 102 Å². The number of aromatic nitrogens is 4. The Morgan fingerprint density at radius 2 is 2.03 bits per heavy atom. The third kappa shape index (κ3) is 3.59. The lowest BCUT2D eigenvalue weighted by atomic mass is 9.87. The molecule has 0 saturated carbocycles. The summed E-state index contributed by atoms with van der Waals surface area (Å²) in [4.78, 5) is 27.1. The van der Waals surface area contributed by atoms with Crippen LogP contribution in [0.5, 0.6) is 0 Å². The molecule has 2 aliphatic rings. The van der Waals surface area contributed by atoms with Crippen molar-refractivity contribution in [3.63, 3.8) is 0 Å². The number of hydrogen-bond acceptors (Lipinski definition) is 7. The number of rotatable bonds is 4. The molecule has 0 radical (unpaired) electrons. The van der Waals surface area contributed by atoms with Crippen molar-refractivity contribution < 1.29 is 27.5 Å². The van der Waals surface area contributed by atoms with Crippen molar-refractivity contribution in [2.75, 3.05) is 31.6 Å².